The Hall–Kier alpha value is -2.23. The van der Waals surface area contributed by atoms with Crippen molar-refractivity contribution in [2.45, 2.75) is 0 Å². The fourth-order valence-corrected chi connectivity index (χ4v) is 1.57. The van der Waals surface area contributed by atoms with Crippen LogP contribution in [-0.2, 0) is 0 Å². The minimum atomic E-state index is -1.06. The predicted molar refractivity (Wildman–Crippen MR) is 59.7 cm³/mol. The molecule has 76 valence electrons. The zero-order valence-electron chi connectivity index (χ0n) is 7.90. The molecule has 5 N–H and O–H groups in total. The Bertz CT molecular complexity index is 550. The van der Waals surface area contributed by atoms with Crippen molar-refractivity contribution < 1.29 is 9.90 Å². The van der Waals surface area contributed by atoms with Gasteiger partial charge in [0, 0.05) is 5.39 Å². The van der Waals surface area contributed by atoms with Gasteiger partial charge in [-0.05, 0) is 11.5 Å². The van der Waals surface area contributed by atoms with Crippen LogP contribution in [0.3, 0.4) is 0 Å². The molecule has 0 fully saturated rings. The number of rotatable bonds is 1. The average molecular weight is 202 g/mol. The Morgan fingerprint density at radius 1 is 1.13 bits per heavy atom. The average Bonchev–Trinajstić information content (AvgIpc) is 2.23. The van der Waals surface area contributed by atoms with E-state index in [4.69, 9.17) is 16.6 Å². The summed E-state index contributed by atoms with van der Waals surface area (Å²) in [4.78, 5) is 10.9. The number of fused-ring (bicyclic) bond motifs is 1. The molecule has 0 amide bonds. The van der Waals surface area contributed by atoms with Crippen LogP contribution in [0.2, 0.25) is 0 Å². The number of hydrogen-bond donors (Lipinski definition) is 3. The monoisotopic (exact) mass is 202 g/mol. The molecule has 4 nitrogen and oxygen atoms in total. The van der Waals surface area contributed by atoms with Crippen LogP contribution in [0, 0.1) is 0 Å². The van der Waals surface area contributed by atoms with Crippen molar-refractivity contribution >= 4 is 28.1 Å². The fraction of sp³-hybridized carbons (Fsp3) is 0. The molecule has 0 saturated carbocycles. The lowest BCUT2D eigenvalue weighted by molar-refractivity contribution is 0.0698. The lowest BCUT2D eigenvalue weighted by Crippen LogP contribution is -2.06. The number of nitrogens with two attached hydrogens (primary N) is 2. The molecule has 0 aliphatic carbocycles. The van der Waals surface area contributed by atoms with Gasteiger partial charge in [-0.25, -0.2) is 4.79 Å². The number of anilines is 2. The number of nitrogen functional groups attached to an aromatic ring is 2. The normalized spacial score (nSPS) is 10.4. The van der Waals surface area contributed by atoms with E-state index in [0.29, 0.717) is 5.69 Å². The van der Waals surface area contributed by atoms with E-state index >= 15 is 0 Å². The maximum absolute atomic E-state index is 10.9. The van der Waals surface area contributed by atoms with E-state index in [0.717, 1.165) is 10.8 Å². The van der Waals surface area contributed by atoms with Gasteiger partial charge >= 0.3 is 5.97 Å². The molecule has 2 aromatic rings. The predicted octanol–water partition coefficient (Wildman–Crippen LogP) is 1.70. The summed E-state index contributed by atoms with van der Waals surface area (Å²) >= 11 is 0. The SMILES string of the molecule is Nc1c(C(=O)O)cc2ccccc2c1N. The molecule has 0 bridgehead atoms. The summed E-state index contributed by atoms with van der Waals surface area (Å²) in [5.41, 5.74) is 11.9. The van der Waals surface area contributed by atoms with Crippen LogP contribution < -0.4 is 11.5 Å². The van der Waals surface area contributed by atoms with Crippen LogP contribution in [0.5, 0.6) is 0 Å². The molecule has 0 heterocycles. The summed E-state index contributed by atoms with van der Waals surface area (Å²) in [6, 6.07) is 8.80. The highest BCUT2D eigenvalue weighted by atomic mass is 16.4. The molecule has 2 aromatic carbocycles. The van der Waals surface area contributed by atoms with Crippen LogP contribution >= 0.6 is 0 Å². The number of benzene rings is 2. The quantitative estimate of drug-likeness (QED) is 0.614. The lowest BCUT2D eigenvalue weighted by atomic mass is 10.0. The number of carboxylic acid groups (broad SMARTS) is 1. The van der Waals surface area contributed by atoms with E-state index in [1.165, 1.54) is 6.07 Å². The highest BCUT2D eigenvalue weighted by molar-refractivity contribution is 6.07. The highest BCUT2D eigenvalue weighted by Gasteiger charge is 2.12. The van der Waals surface area contributed by atoms with Gasteiger partial charge in [0.25, 0.3) is 0 Å². The van der Waals surface area contributed by atoms with Crippen molar-refractivity contribution in [3.05, 3.63) is 35.9 Å². The Morgan fingerprint density at radius 2 is 1.80 bits per heavy atom. The van der Waals surface area contributed by atoms with E-state index in [1.54, 1.807) is 6.07 Å². The van der Waals surface area contributed by atoms with Gasteiger partial charge in [0.2, 0.25) is 0 Å². The Labute approximate surface area is 86.1 Å². The molecule has 0 aromatic heterocycles. The summed E-state index contributed by atoms with van der Waals surface area (Å²) in [5, 5.41) is 10.5. The van der Waals surface area contributed by atoms with Crippen LogP contribution in [-0.4, -0.2) is 11.1 Å². The summed E-state index contributed by atoms with van der Waals surface area (Å²) < 4.78 is 0. The fourth-order valence-electron chi connectivity index (χ4n) is 1.57. The third-order valence-electron chi connectivity index (χ3n) is 2.36. The van der Waals surface area contributed by atoms with Gasteiger partial charge < -0.3 is 16.6 Å². The second-order valence-electron chi connectivity index (χ2n) is 3.28. The van der Waals surface area contributed by atoms with Crippen LogP contribution in [0.1, 0.15) is 10.4 Å². The van der Waals surface area contributed by atoms with Crippen molar-refractivity contribution in [3.8, 4) is 0 Å². The summed E-state index contributed by atoms with van der Waals surface area (Å²) in [7, 11) is 0. The van der Waals surface area contributed by atoms with Crippen molar-refractivity contribution in [2.75, 3.05) is 11.5 Å². The molecular weight excluding hydrogens is 192 g/mol. The standard InChI is InChI=1S/C11H10N2O2/c12-9-7-4-2-1-3-6(7)5-8(10(9)13)11(14)15/h1-5H,12-13H2,(H,14,15). The first-order valence-corrected chi connectivity index (χ1v) is 4.41. The van der Waals surface area contributed by atoms with Gasteiger partial charge in [-0.1, -0.05) is 24.3 Å². The minimum absolute atomic E-state index is 0.0474. The smallest absolute Gasteiger partial charge is 0.337 e. The third-order valence-corrected chi connectivity index (χ3v) is 2.36. The van der Waals surface area contributed by atoms with E-state index in [-0.39, 0.29) is 11.3 Å². The molecule has 2 rings (SSSR count). The molecule has 15 heavy (non-hydrogen) atoms. The van der Waals surface area contributed by atoms with Crippen LogP contribution in [0.4, 0.5) is 11.4 Å². The zero-order chi connectivity index (χ0) is 11.0. The third kappa shape index (κ3) is 1.36. The molecule has 0 atom stereocenters. The van der Waals surface area contributed by atoms with Crippen molar-refractivity contribution in [1.82, 2.24) is 0 Å². The summed E-state index contributed by atoms with van der Waals surface area (Å²) in [6.45, 7) is 0. The summed E-state index contributed by atoms with van der Waals surface area (Å²) in [6.07, 6.45) is 0. The molecule has 0 saturated heterocycles. The number of hydrogen-bond acceptors (Lipinski definition) is 3. The van der Waals surface area contributed by atoms with Crippen molar-refractivity contribution in [3.63, 3.8) is 0 Å². The maximum Gasteiger partial charge on any atom is 0.337 e. The van der Waals surface area contributed by atoms with Crippen LogP contribution in [0.15, 0.2) is 30.3 Å². The van der Waals surface area contributed by atoms with E-state index in [1.807, 2.05) is 18.2 Å². The molecule has 4 heteroatoms. The van der Waals surface area contributed by atoms with Gasteiger partial charge in [0.1, 0.15) is 0 Å². The van der Waals surface area contributed by atoms with Gasteiger partial charge in [-0.3, -0.25) is 0 Å². The molecule has 0 aliphatic rings. The highest BCUT2D eigenvalue weighted by Crippen LogP contribution is 2.30. The second-order valence-corrected chi connectivity index (χ2v) is 3.28. The number of carboxylic acids is 1. The Morgan fingerprint density at radius 3 is 2.47 bits per heavy atom. The molecule has 0 spiro atoms. The first kappa shape index (κ1) is 9.33. The lowest BCUT2D eigenvalue weighted by Gasteiger charge is -2.08. The zero-order valence-corrected chi connectivity index (χ0v) is 7.90. The minimum Gasteiger partial charge on any atom is -0.478 e. The van der Waals surface area contributed by atoms with Crippen LogP contribution in [0.25, 0.3) is 10.8 Å². The van der Waals surface area contributed by atoms with Crippen molar-refractivity contribution in [2.24, 2.45) is 0 Å². The summed E-state index contributed by atoms with van der Waals surface area (Å²) in [5.74, 6) is -1.06. The van der Waals surface area contributed by atoms with Gasteiger partial charge in [-0.2, -0.15) is 0 Å². The van der Waals surface area contributed by atoms with Crippen molar-refractivity contribution in [1.29, 1.82) is 0 Å². The maximum atomic E-state index is 10.9. The molecule has 0 aliphatic heterocycles. The topological polar surface area (TPSA) is 89.3 Å². The second kappa shape index (κ2) is 3.16. The molecular formula is C11H10N2O2. The number of aromatic carboxylic acids is 1. The van der Waals surface area contributed by atoms with E-state index < -0.39 is 5.97 Å². The Kier molecular flexibility index (Phi) is 1.97. The number of carbonyl (C=O) groups is 1. The van der Waals surface area contributed by atoms with Gasteiger partial charge in [-0.15, -0.1) is 0 Å². The molecule has 0 unspecified atom stereocenters. The molecule has 0 radical (unpaired) electrons. The first-order valence-electron chi connectivity index (χ1n) is 4.41. The van der Waals surface area contributed by atoms with E-state index in [9.17, 15) is 4.79 Å². The van der Waals surface area contributed by atoms with Gasteiger partial charge in [0.15, 0.2) is 0 Å². The largest absolute Gasteiger partial charge is 0.478 e. The van der Waals surface area contributed by atoms with E-state index in [2.05, 4.69) is 0 Å². The Balaban J connectivity index is 2.88. The first-order chi connectivity index (χ1) is 7.11. The van der Waals surface area contributed by atoms with Gasteiger partial charge in [0.05, 0.1) is 16.9 Å².